The molecule has 3 unspecified atom stereocenters. The summed E-state index contributed by atoms with van der Waals surface area (Å²) in [6.07, 6.45) is 0.408. The molecule has 116 valence electrons. The number of aliphatic hydroxyl groups is 1. The van der Waals surface area contributed by atoms with Gasteiger partial charge >= 0.3 is 0 Å². The summed E-state index contributed by atoms with van der Waals surface area (Å²) in [5.41, 5.74) is 1.39. The fraction of sp³-hybridized carbons (Fsp3) is 0.562. The maximum absolute atomic E-state index is 12.5. The first-order valence-electron chi connectivity index (χ1n) is 7.52. The second kappa shape index (κ2) is 7.54. The van der Waals surface area contributed by atoms with Crippen LogP contribution in [0, 0.1) is 5.92 Å². The van der Waals surface area contributed by atoms with Gasteiger partial charge in [-0.2, -0.15) is 0 Å². The van der Waals surface area contributed by atoms with Crippen molar-refractivity contribution in [3.63, 3.8) is 0 Å². The summed E-state index contributed by atoms with van der Waals surface area (Å²) in [6, 6.07) is 7.38. The van der Waals surface area contributed by atoms with Crippen molar-refractivity contribution in [2.24, 2.45) is 5.92 Å². The second-order valence-electron chi connectivity index (χ2n) is 5.46. The Hall–Kier alpha value is -1.43. The minimum atomic E-state index is -0.615. The van der Waals surface area contributed by atoms with Crippen LogP contribution in [0.15, 0.2) is 24.3 Å². The Morgan fingerprint density at radius 2 is 2.19 bits per heavy atom. The molecule has 0 saturated carbocycles. The zero-order valence-corrected chi connectivity index (χ0v) is 12.6. The number of carbonyl (C=O) groups is 1. The van der Waals surface area contributed by atoms with E-state index in [0.717, 1.165) is 18.5 Å². The standard InChI is InChI=1S/C16H24N2O3/c1-3-8-17-15-10-21-9-13(15)16(20)18-14-7-5-4-6-12(14)11(2)19/h4-7,11,13,15,17,19H,3,8-10H2,1-2H3,(H,18,20). The number of hydrogen-bond acceptors (Lipinski definition) is 4. The van der Waals surface area contributed by atoms with Crippen LogP contribution in [0.4, 0.5) is 5.69 Å². The van der Waals surface area contributed by atoms with Crippen LogP contribution >= 0.6 is 0 Å². The molecule has 1 saturated heterocycles. The molecular weight excluding hydrogens is 268 g/mol. The van der Waals surface area contributed by atoms with Gasteiger partial charge < -0.3 is 20.5 Å². The van der Waals surface area contributed by atoms with Gasteiger partial charge in [-0.05, 0) is 26.0 Å². The Morgan fingerprint density at radius 3 is 2.90 bits per heavy atom. The molecule has 0 aliphatic carbocycles. The van der Waals surface area contributed by atoms with Crippen molar-refractivity contribution in [1.82, 2.24) is 5.32 Å². The van der Waals surface area contributed by atoms with E-state index in [1.54, 1.807) is 6.92 Å². The summed E-state index contributed by atoms with van der Waals surface area (Å²) in [5, 5.41) is 16.0. The number of amides is 1. The van der Waals surface area contributed by atoms with Gasteiger partial charge in [-0.15, -0.1) is 0 Å². The zero-order valence-electron chi connectivity index (χ0n) is 12.6. The van der Waals surface area contributed by atoms with Gasteiger partial charge in [0.2, 0.25) is 5.91 Å². The van der Waals surface area contributed by atoms with Crippen molar-refractivity contribution in [3.05, 3.63) is 29.8 Å². The number of aliphatic hydroxyl groups excluding tert-OH is 1. The number of nitrogens with one attached hydrogen (secondary N) is 2. The van der Waals surface area contributed by atoms with Crippen LogP contribution < -0.4 is 10.6 Å². The number of ether oxygens (including phenoxy) is 1. The lowest BCUT2D eigenvalue weighted by Gasteiger charge is -2.20. The number of anilines is 1. The first-order valence-corrected chi connectivity index (χ1v) is 7.52. The zero-order chi connectivity index (χ0) is 15.2. The maximum Gasteiger partial charge on any atom is 0.231 e. The van der Waals surface area contributed by atoms with Crippen molar-refractivity contribution < 1.29 is 14.6 Å². The summed E-state index contributed by atoms with van der Waals surface area (Å²) in [4.78, 5) is 12.5. The molecule has 21 heavy (non-hydrogen) atoms. The molecule has 0 radical (unpaired) electrons. The van der Waals surface area contributed by atoms with Crippen LogP contribution in [0.3, 0.4) is 0 Å². The fourth-order valence-corrected chi connectivity index (χ4v) is 2.54. The summed E-state index contributed by atoms with van der Waals surface area (Å²) in [5.74, 6) is -0.257. The maximum atomic E-state index is 12.5. The topological polar surface area (TPSA) is 70.6 Å². The van der Waals surface area contributed by atoms with Crippen LogP contribution in [-0.2, 0) is 9.53 Å². The van der Waals surface area contributed by atoms with Gasteiger partial charge in [0.15, 0.2) is 0 Å². The number of rotatable bonds is 6. The molecule has 0 aromatic heterocycles. The van der Waals surface area contributed by atoms with Gasteiger partial charge in [-0.1, -0.05) is 25.1 Å². The first-order chi connectivity index (χ1) is 10.1. The van der Waals surface area contributed by atoms with Crippen molar-refractivity contribution in [1.29, 1.82) is 0 Å². The van der Waals surface area contributed by atoms with Crippen LogP contribution in [0.1, 0.15) is 31.9 Å². The molecule has 1 aromatic carbocycles. The summed E-state index contributed by atoms with van der Waals surface area (Å²) in [6.45, 7) is 5.66. The molecule has 1 fully saturated rings. The summed E-state index contributed by atoms with van der Waals surface area (Å²) >= 11 is 0. The van der Waals surface area contributed by atoms with Gasteiger partial charge in [0.25, 0.3) is 0 Å². The molecule has 3 N–H and O–H groups in total. The third-order valence-electron chi connectivity index (χ3n) is 3.74. The lowest BCUT2D eigenvalue weighted by molar-refractivity contribution is -0.120. The van der Waals surface area contributed by atoms with Gasteiger partial charge in [-0.25, -0.2) is 0 Å². The van der Waals surface area contributed by atoms with Crippen LogP contribution in [0.25, 0.3) is 0 Å². The van der Waals surface area contributed by atoms with Crippen molar-refractivity contribution in [2.75, 3.05) is 25.1 Å². The average molecular weight is 292 g/mol. The lowest BCUT2D eigenvalue weighted by Crippen LogP contribution is -2.41. The molecule has 1 aliphatic heterocycles. The molecule has 5 nitrogen and oxygen atoms in total. The molecule has 1 aromatic rings. The normalized spacial score (nSPS) is 23.0. The van der Waals surface area contributed by atoms with E-state index in [-0.39, 0.29) is 17.9 Å². The van der Waals surface area contributed by atoms with Crippen molar-refractivity contribution in [3.8, 4) is 0 Å². The number of hydrogen-bond donors (Lipinski definition) is 3. The molecule has 5 heteroatoms. The molecule has 2 rings (SSSR count). The van der Waals surface area contributed by atoms with Crippen LogP contribution in [0.5, 0.6) is 0 Å². The lowest BCUT2D eigenvalue weighted by atomic mass is 10.0. The highest BCUT2D eigenvalue weighted by Crippen LogP contribution is 2.24. The first kappa shape index (κ1) is 15.9. The Kier molecular flexibility index (Phi) is 5.73. The number of carbonyl (C=O) groups excluding carboxylic acids is 1. The number of benzene rings is 1. The van der Waals surface area contributed by atoms with E-state index in [0.29, 0.717) is 18.9 Å². The van der Waals surface area contributed by atoms with E-state index < -0.39 is 6.10 Å². The highest BCUT2D eigenvalue weighted by molar-refractivity contribution is 5.94. The quantitative estimate of drug-likeness (QED) is 0.746. The SMILES string of the molecule is CCCNC1COCC1C(=O)Nc1ccccc1C(C)O. The van der Waals surface area contributed by atoms with Gasteiger partial charge in [-0.3, -0.25) is 4.79 Å². The summed E-state index contributed by atoms with van der Waals surface area (Å²) < 4.78 is 5.43. The van der Waals surface area contributed by atoms with Gasteiger partial charge in [0, 0.05) is 17.3 Å². The predicted molar refractivity (Wildman–Crippen MR) is 82.1 cm³/mol. The third kappa shape index (κ3) is 4.03. The Labute approximate surface area is 125 Å². The van der Waals surface area contributed by atoms with Gasteiger partial charge in [0.1, 0.15) is 0 Å². The number of para-hydroxylation sites is 1. The molecule has 1 aliphatic rings. The van der Waals surface area contributed by atoms with Crippen LogP contribution in [-0.4, -0.2) is 36.8 Å². The fourth-order valence-electron chi connectivity index (χ4n) is 2.54. The molecule has 0 bridgehead atoms. The smallest absolute Gasteiger partial charge is 0.231 e. The molecule has 0 spiro atoms. The van der Waals surface area contributed by atoms with Crippen molar-refractivity contribution >= 4 is 11.6 Å². The highest BCUT2D eigenvalue weighted by atomic mass is 16.5. The van der Waals surface area contributed by atoms with E-state index in [2.05, 4.69) is 17.6 Å². The summed E-state index contributed by atoms with van der Waals surface area (Å²) in [7, 11) is 0. The molecule has 1 heterocycles. The Balaban J connectivity index is 2.04. The predicted octanol–water partition coefficient (Wildman–Crippen LogP) is 1.69. The minimum Gasteiger partial charge on any atom is -0.389 e. The average Bonchev–Trinajstić information content (AvgIpc) is 2.94. The third-order valence-corrected chi connectivity index (χ3v) is 3.74. The van der Waals surface area contributed by atoms with Gasteiger partial charge in [0.05, 0.1) is 25.2 Å². The minimum absolute atomic E-state index is 0.0589. The molecular formula is C16H24N2O3. The molecule has 3 atom stereocenters. The van der Waals surface area contributed by atoms with Crippen LogP contribution in [0.2, 0.25) is 0 Å². The second-order valence-corrected chi connectivity index (χ2v) is 5.46. The van der Waals surface area contributed by atoms with Crippen molar-refractivity contribution in [2.45, 2.75) is 32.4 Å². The highest BCUT2D eigenvalue weighted by Gasteiger charge is 2.33. The van der Waals surface area contributed by atoms with E-state index >= 15 is 0 Å². The Bertz CT molecular complexity index is 476. The van der Waals surface area contributed by atoms with E-state index in [9.17, 15) is 9.90 Å². The van der Waals surface area contributed by atoms with E-state index in [1.807, 2.05) is 24.3 Å². The largest absolute Gasteiger partial charge is 0.389 e. The monoisotopic (exact) mass is 292 g/mol. The molecule has 1 amide bonds. The Morgan fingerprint density at radius 1 is 1.43 bits per heavy atom. The van der Waals surface area contributed by atoms with E-state index in [1.165, 1.54) is 0 Å². The van der Waals surface area contributed by atoms with E-state index in [4.69, 9.17) is 4.74 Å².